The molecule has 0 fully saturated rings. The molecule has 0 heterocycles. The summed E-state index contributed by atoms with van der Waals surface area (Å²) < 4.78 is 0.0452. The zero-order chi connectivity index (χ0) is 11.5. The fraction of sp³-hybridized carbons (Fsp3) is 0.333. The van der Waals surface area contributed by atoms with Crippen molar-refractivity contribution in [2.45, 2.75) is 19.7 Å². The van der Waals surface area contributed by atoms with Crippen LogP contribution < -0.4 is 0 Å². The summed E-state index contributed by atoms with van der Waals surface area (Å²) >= 11 is -0.131. The molecule has 0 N–H and O–H groups in total. The second kappa shape index (κ2) is 4.73. The predicted octanol–water partition coefficient (Wildman–Crippen LogP) is 2.17. The van der Waals surface area contributed by atoms with E-state index in [1.165, 1.54) is 0 Å². The summed E-state index contributed by atoms with van der Waals surface area (Å²) in [6, 6.07) is 8.98. The number of Topliss-reactive ketones (excluding diaryl/α,β-unsaturated/α-hetero) is 1. The minimum absolute atomic E-state index is 0.0452. The fourth-order valence-corrected chi connectivity index (χ4v) is 2.56. The Labute approximate surface area is 96.2 Å². The average molecular weight is 269 g/mol. The van der Waals surface area contributed by atoms with Gasteiger partial charge in [-0.3, -0.25) is 0 Å². The van der Waals surface area contributed by atoms with Gasteiger partial charge in [-0.2, -0.15) is 0 Å². The van der Waals surface area contributed by atoms with Crippen LogP contribution in [0, 0.1) is 5.41 Å². The van der Waals surface area contributed by atoms with E-state index in [1.54, 1.807) is 26.0 Å². The molecule has 80 valence electrons. The minimum atomic E-state index is -0.879. The van der Waals surface area contributed by atoms with Gasteiger partial charge in [-0.15, -0.1) is 0 Å². The van der Waals surface area contributed by atoms with E-state index in [2.05, 4.69) is 0 Å². The van der Waals surface area contributed by atoms with Crippen LogP contribution in [0.25, 0.3) is 0 Å². The van der Waals surface area contributed by atoms with Crippen molar-refractivity contribution in [3.05, 3.63) is 35.9 Å². The molecule has 0 aromatic heterocycles. The van der Waals surface area contributed by atoms with Crippen LogP contribution in [0.3, 0.4) is 0 Å². The summed E-state index contributed by atoms with van der Waals surface area (Å²) in [5.74, 6) is 1.76. The predicted molar refractivity (Wildman–Crippen MR) is 61.2 cm³/mol. The van der Waals surface area contributed by atoms with Gasteiger partial charge in [0.2, 0.25) is 0 Å². The molecule has 0 aliphatic heterocycles. The van der Waals surface area contributed by atoms with Gasteiger partial charge in [-0.05, 0) is 0 Å². The first kappa shape index (κ1) is 12.2. The SMILES string of the molecule is C[Se]C(=O)C(C)(C)C(=O)c1ccccc1. The monoisotopic (exact) mass is 270 g/mol. The molecule has 2 nitrogen and oxygen atoms in total. The molecule has 0 radical (unpaired) electrons. The van der Waals surface area contributed by atoms with Gasteiger partial charge in [-0.1, -0.05) is 0 Å². The van der Waals surface area contributed by atoms with E-state index in [0.29, 0.717) is 5.56 Å². The summed E-state index contributed by atoms with van der Waals surface area (Å²) in [6.07, 6.45) is 0. The summed E-state index contributed by atoms with van der Waals surface area (Å²) in [5, 5.41) is 0. The van der Waals surface area contributed by atoms with Crippen molar-refractivity contribution in [1.82, 2.24) is 0 Å². The van der Waals surface area contributed by atoms with Crippen LogP contribution in [0.15, 0.2) is 30.3 Å². The van der Waals surface area contributed by atoms with Gasteiger partial charge in [0, 0.05) is 0 Å². The molecular weight excluding hydrogens is 255 g/mol. The first-order valence-corrected chi connectivity index (χ1v) is 7.25. The molecule has 0 spiro atoms. The molecular formula is C12H14O2Se. The van der Waals surface area contributed by atoms with Crippen LogP contribution in [0.1, 0.15) is 24.2 Å². The third kappa shape index (κ3) is 2.55. The number of ketones is 1. The van der Waals surface area contributed by atoms with E-state index in [0.717, 1.165) is 0 Å². The van der Waals surface area contributed by atoms with Crippen molar-refractivity contribution in [2.24, 2.45) is 5.41 Å². The normalized spacial score (nSPS) is 11.1. The summed E-state index contributed by atoms with van der Waals surface area (Å²) in [4.78, 5) is 23.7. The van der Waals surface area contributed by atoms with Crippen molar-refractivity contribution in [2.75, 3.05) is 0 Å². The van der Waals surface area contributed by atoms with Crippen LogP contribution in [-0.2, 0) is 4.79 Å². The van der Waals surface area contributed by atoms with Crippen LogP contribution in [0.4, 0.5) is 0 Å². The molecule has 15 heavy (non-hydrogen) atoms. The topological polar surface area (TPSA) is 34.1 Å². The molecule has 1 rings (SSSR count). The van der Waals surface area contributed by atoms with Gasteiger partial charge in [0.25, 0.3) is 0 Å². The first-order chi connectivity index (χ1) is 7.00. The van der Waals surface area contributed by atoms with Gasteiger partial charge in [0.1, 0.15) is 0 Å². The van der Waals surface area contributed by atoms with E-state index in [-0.39, 0.29) is 25.4 Å². The molecule has 0 atom stereocenters. The zero-order valence-electron chi connectivity index (χ0n) is 9.11. The molecule has 0 aliphatic carbocycles. The van der Waals surface area contributed by atoms with Crippen molar-refractivity contribution in [3.8, 4) is 0 Å². The molecule has 1 aromatic carbocycles. The average Bonchev–Trinajstić information content (AvgIpc) is 2.28. The maximum absolute atomic E-state index is 12.1. The van der Waals surface area contributed by atoms with E-state index in [4.69, 9.17) is 0 Å². The molecule has 0 saturated carbocycles. The number of hydrogen-bond donors (Lipinski definition) is 0. The quantitative estimate of drug-likeness (QED) is 0.477. The van der Waals surface area contributed by atoms with Gasteiger partial charge < -0.3 is 0 Å². The molecule has 0 saturated heterocycles. The van der Waals surface area contributed by atoms with E-state index in [1.807, 2.05) is 24.0 Å². The maximum atomic E-state index is 12.1. The Balaban J connectivity index is 3.00. The number of rotatable bonds is 4. The van der Waals surface area contributed by atoms with E-state index >= 15 is 0 Å². The van der Waals surface area contributed by atoms with Crippen LogP contribution in [-0.4, -0.2) is 25.4 Å². The third-order valence-electron chi connectivity index (χ3n) is 2.30. The summed E-state index contributed by atoms with van der Waals surface area (Å²) in [6.45, 7) is 3.41. The number of carbonyl (C=O) groups excluding carboxylic acids is 2. The van der Waals surface area contributed by atoms with E-state index in [9.17, 15) is 9.59 Å². The number of carbonyl (C=O) groups is 2. The molecule has 0 bridgehead atoms. The van der Waals surface area contributed by atoms with Crippen LogP contribution in [0.2, 0.25) is 5.82 Å². The van der Waals surface area contributed by atoms with Crippen molar-refractivity contribution < 1.29 is 9.59 Å². The molecule has 3 heteroatoms. The van der Waals surface area contributed by atoms with Gasteiger partial charge >= 0.3 is 96.0 Å². The van der Waals surface area contributed by atoms with Crippen LogP contribution >= 0.6 is 0 Å². The first-order valence-electron chi connectivity index (χ1n) is 4.68. The Kier molecular flexibility index (Phi) is 3.83. The Morgan fingerprint density at radius 3 is 2.13 bits per heavy atom. The molecule has 0 aliphatic rings. The van der Waals surface area contributed by atoms with Gasteiger partial charge in [0.15, 0.2) is 0 Å². The number of benzene rings is 1. The number of hydrogen-bond acceptors (Lipinski definition) is 2. The summed E-state index contributed by atoms with van der Waals surface area (Å²) in [7, 11) is 0. The summed E-state index contributed by atoms with van der Waals surface area (Å²) in [5.41, 5.74) is -0.268. The zero-order valence-corrected chi connectivity index (χ0v) is 10.8. The van der Waals surface area contributed by atoms with Gasteiger partial charge in [0.05, 0.1) is 0 Å². The Morgan fingerprint density at radius 1 is 1.13 bits per heavy atom. The molecule has 0 unspecified atom stereocenters. The Bertz CT molecular complexity index is 368. The molecule has 0 amide bonds. The standard InChI is InChI=1S/C12H14O2Se/c1-12(2,11(14)15-3)10(13)9-7-5-4-6-8-9/h4-8H,1-3H3. The van der Waals surface area contributed by atoms with E-state index < -0.39 is 5.41 Å². The van der Waals surface area contributed by atoms with Crippen LogP contribution in [0.5, 0.6) is 0 Å². The van der Waals surface area contributed by atoms with Gasteiger partial charge in [-0.25, -0.2) is 0 Å². The Hall–Kier alpha value is -0.921. The second-order valence-corrected chi connectivity index (χ2v) is 5.45. The Morgan fingerprint density at radius 2 is 1.67 bits per heavy atom. The second-order valence-electron chi connectivity index (χ2n) is 3.81. The van der Waals surface area contributed by atoms with Crippen molar-refractivity contribution >= 4 is 25.4 Å². The van der Waals surface area contributed by atoms with Crippen molar-refractivity contribution in [3.63, 3.8) is 0 Å². The third-order valence-corrected chi connectivity index (χ3v) is 4.15. The fourth-order valence-electron chi connectivity index (χ4n) is 1.30. The van der Waals surface area contributed by atoms with Crippen molar-refractivity contribution in [1.29, 1.82) is 0 Å². The molecule has 1 aromatic rings.